The van der Waals surface area contributed by atoms with E-state index in [-0.39, 0.29) is 5.91 Å². The van der Waals surface area contributed by atoms with E-state index in [1.54, 1.807) is 29.7 Å². The van der Waals surface area contributed by atoms with E-state index in [1.807, 2.05) is 41.9 Å². The number of nitrogens with one attached hydrogen (secondary N) is 1. The summed E-state index contributed by atoms with van der Waals surface area (Å²) in [6.07, 6.45) is 1.59. The van der Waals surface area contributed by atoms with Gasteiger partial charge in [0, 0.05) is 5.38 Å². The highest BCUT2D eigenvalue weighted by molar-refractivity contribution is 7.14. The van der Waals surface area contributed by atoms with Crippen molar-refractivity contribution in [1.29, 1.82) is 0 Å². The number of amides is 1. The monoisotopic (exact) mass is 367 g/mol. The molecule has 0 aliphatic rings. The first kappa shape index (κ1) is 15.7. The second-order valence-corrected chi connectivity index (χ2v) is 7.08. The number of hydrogen-bond donors (Lipinski definition) is 1. The van der Waals surface area contributed by atoms with Gasteiger partial charge < -0.3 is 4.42 Å². The second-order valence-electron chi connectivity index (χ2n) is 5.28. The Hall–Kier alpha value is -2.77. The SMILES string of the molecule is Cc1nc(-c2cccs2)ccc1C(=O)Nc1nc(-c2ccco2)cs1. The van der Waals surface area contributed by atoms with Crippen LogP contribution in [-0.4, -0.2) is 15.9 Å². The minimum Gasteiger partial charge on any atom is -0.463 e. The highest BCUT2D eigenvalue weighted by Gasteiger charge is 2.14. The van der Waals surface area contributed by atoms with Gasteiger partial charge in [-0.05, 0) is 42.6 Å². The molecule has 0 bridgehead atoms. The Morgan fingerprint density at radius 2 is 2.00 bits per heavy atom. The molecule has 1 amide bonds. The van der Waals surface area contributed by atoms with Crippen molar-refractivity contribution in [2.24, 2.45) is 0 Å². The number of carbonyl (C=O) groups is 1. The van der Waals surface area contributed by atoms with E-state index in [0.717, 1.165) is 10.6 Å². The molecule has 0 unspecified atom stereocenters. The summed E-state index contributed by atoms with van der Waals surface area (Å²) in [4.78, 5) is 22.5. The van der Waals surface area contributed by atoms with Crippen LogP contribution in [0.3, 0.4) is 0 Å². The number of furan rings is 1. The van der Waals surface area contributed by atoms with Gasteiger partial charge in [-0.3, -0.25) is 15.1 Å². The van der Waals surface area contributed by atoms with Crippen molar-refractivity contribution in [1.82, 2.24) is 9.97 Å². The third-order valence-corrected chi connectivity index (χ3v) is 5.25. The Labute approximate surface area is 152 Å². The second kappa shape index (κ2) is 6.62. The summed E-state index contributed by atoms with van der Waals surface area (Å²) in [6.45, 7) is 1.84. The van der Waals surface area contributed by atoms with Gasteiger partial charge in [0.15, 0.2) is 10.9 Å². The number of hydrogen-bond acceptors (Lipinski definition) is 6. The molecule has 4 rings (SSSR count). The van der Waals surface area contributed by atoms with Crippen molar-refractivity contribution in [3.8, 4) is 22.0 Å². The van der Waals surface area contributed by atoms with Crippen LogP contribution < -0.4 is 5.32 Å². The van der Waals surface area contributed by atoms with E-state index in [2.05, 4.69) is 15.3 Å². The summed E-state index contributed by atoms with van der Waals surface area (Å²) in [6, 6.07) is 11.3. The summed E-state index contributed by atoms with van der Waals surface area (Å²) in [7, 11) is 0. The van der Waals surface area contributed by atoms with Crippen molar-refractivity contribution in [3.63, 3.8) is 0 Å². The molecule has 1 N–H and O–H groups in total. The zero-order valence-corrected chi connectivity index (χ0v) is 14.9. The number of nitrogens with zero attached hydrogens (tertiary/aromatic N) is 2. The molecule has 4 heterocycles. The third kappa shape index (κ3) is 3.24. The molecule has 0 saturated heterocycles. The van der Waals surface area contributed by atoms with Gasteiger partial charge in [-0.1, -0.05) is 6.07 Å². The molecular formula is C18H13N3O2S2. The summed E-state index contributed by atoms with van der Waals surface area (Å²) >= 11 is 2.98. The average molecular weight is 367 g/mol. The Balaban J connectivity index is 1.53. The zero-order valence-electron chi connectivity index (χ0n) is 13.2. The van der Waals surface area contributed by atoms with E-state index in [0.29, 0.717) is 27.8 Å². The topological polar surface area (TPSA) is 68.0 Å². The lowest BCUT2D eigenvalue weighted by atomic mass is 10.1. The molecule has 4 aromatic heterocycles. The molecule has 0 radical (unpaired) electrons. The maximum Gasteiger partial charge on any atom is 0.259 e. The highest BCUT2D eigenvalue weighted by Crippen LogP contribution is 2.26. The summed E-state index contributed by atoms with van der Waals surface area (Å²) in [5.41, 5.74) is 2.80. The minimum atomic E-state index is -0.219. The van der Waals surface area contributed by atoms with Crippen molar-refractivity contribution < 1.29 is 9.21 Å². The largest absolute Gasteiger partial charge is 0.463 e. The van der Waals surface area contributed by atoms with Crippen LogP contribution in [0, 0.1) is 6.92 Å². The molecule has 4 aromatic rings. The summed E-state index contributed by atoms with van der Waals surface area (Å²) < 4.78 is 5.31. The molecular weight excluding hydrogens is 354 g/mol. The predicted molar refractivity (Wildman–Crippen MR) is 100 cm³/mol. The standard InChI is InChI=1S/C18H13N3O2S2/c1-11-12(6-7-13(19-11)16-5-3-9-24-16)17(22)21-18-20-14(10-25-18)15-4-2-8-23-15/h2-10H,1H3,(H,20,21,22). The Morgan fingerprint density at radius 3 is 2.72 bits per heavy atom. The van der Waals surface area contributed by atoms with Crippen LogP contribution in [0.1, 0.15) is 16.1 Å². The number of thiazole rings is 1. The molecule has 25 heavy (non-hydrogen) atoms. The first-order chi connectivity index (χ1) is 12.2. The molecule has 0 aliphatic heterocycles. The Bertz CT molecular complexity index is 1010. The molecule has 124 valence electrons. The van der Waals surface area contributed by atoms with Gasteiger partial charge in [0.25, 0.3) is 5.91 Å². The van der Waals surface area contributed by atoms with Crippen LogP contribution in [0.15, 0.2) is 57.8 Å². The Kier molecular flexibility index (Phi) is 4.17. The normalized spacial score (nSPS) is 10.8. The fourth-order valence-electron chi connectivity index (χ4n) is 2.40. The number of carbonyl (C=O) groups excluding carboxylic acids is 1. The maximum atomic E-state index is 12.5. The quantitative estimate of drug-likeness (QED) is 0.546. The lowest BCUT2D eigenvalue weighted by Gasteiger charge is -2.06. The van der Waals surface area contributed by atoms with Gasteiger partial charge in [0.05, 0.1) is 28.1 Å². The van der Waals surface area contributed by atoms with Gasteiger partial charge in [-0.15, -0.1) is 22.7 Å². The van der Waals surface area contributed by atoms with Crippen LogP contribution in [0.4, 0.5) is 5.13 Å². The molecule has 0 aromatic carbocycles. The van der Waals surface area contributed by atoms with Crippen LogP contribution in [0.2, 0.25) is 0 Å². The highest BCUT2D eigenvalue weighted by atomic mass is 32.1. The van der Waals surface area contributed by atoms with E-state index < -0.39 is 0 Å². The fraction of sp³-hybridized carbons (Fsp3) is 0.0556. The summed E-state index contributed by atoms with van der Waals surface area (Å²) in [5.74, 6) is 0.456. The van der Waals surface area contributed by atoms with Gasteiger partial charge >= 0.3 is 0 Å². The lowest BCUT2D eigenvalue weighted by Crippen LogP contribution is -2.14. The number of anilines is 1. The van der Waals surface area contributed by atoms with E-state index in [9.17, 15) is 4.79 Å². The van der Waals surface area contributed by atoms with E-state index >= 15 is 0 Å². The molecule has 0 fully saturated rings. The zero-order chi connectivity index (χ0) is 17.2. The van der Waals surface area contributed by atoms with Crippen LogP contribution in [0.25, 0.3) is 22.0 Å². The predicted octanol–water partition coefficient (Wildman–Crippen LogP) is 5.09. The van der Waals surface area contributed by atoms with E-state index in [1.165, 1.54) is 11.3 Å². The van der Waals surface area contributed by atoms with Crippen LogP contribution in [0.5, 0.6) is 0 Å². The van der Waals surface area contributed by atoms with E-state index in [4.69, 9.17) is 4.42 Å². The number of rotatable bonds is 4. The molecule has 0 aliphatic carbocycles. The number of aromatic nitrogens is 2. The van der Waals surface area contributed by atoms with Crippen molar-refractivity contribution in [3.05, 3.63) is 64.7 Å². The average Bonchev–Trinajstić information content (AvgIpc) is 3.36. The smallest absolute Gasteiger partial charge is 0.259 e. The van der Waals surface area contributed by atoms with Crippen LogP contribution >= 0.6 is 22.7 Å². The lowest BCUT2D eigenvalue weighted by molar-refractivity contribution is 0.102. The molecule has 0 saturated carbocycles. The number of pyridine rings is 1. The molecule has 5 nitrogen and oxygen atoms in total. The maximum absolute atomic E-state index is 12.5. The van der Waals surface area contributed by atoms with Gasteiger partial charge in [-0.25, -0.2) is 4.98 Å². The number of thiophene rings is 1. The number of aryl methyl sites for hydroxylation is 1. The molecule has 7 heteroatoms. The van der Waals surface area contributed by atoms with Crippen LogP contribution in [-0.2, 0) is 0 Å². The fourth-order valence-corrected chi connectivity index (χ4v) is 3.79. The minimum absolute atomic E-state index is 0.219. The first-order valence-electron chi connectivity index (χ1n) is 7.53. The van der Waals surface area contributed by atoms with Gasteiger partial charge in [0.1, 0.15) is 5.69 Å². The van der Waals surface area contributed by atoms with Gasteiger partial charge in [0.2, 0.25) is 0 Å². The third-order valence-electron chi connectivity index (χ3n) is 3.60. The molecule has 0 spiro atoms. The first-order valence-corrected chi connectivity index (χ1v) is 9.29. The Morgan fingerprint density at radius 1 is 1.08 bits per heavy atom. The molecule has 0 atom stereocenters. The van der Waals surface area contributed by atoms with Crippen molar-refractivity contribution in [2.75, 3.05) is 5.32 Å². The van der Waals surface area contributed by atoms with Crippen molar-refractivity contribution in [2.45, 2.75) is 6.92 Å². The van der Waals surface area contributed by atoms with Crippen molar-refractivity contribution >= 4 is 33.7 Å². The van der Waals surface area contributed by atoms with Gasteiger partial charge in [-0.2, -0.15) is 0 Å². The summed E-state index contributed by atoms with van der Waals surface area (Å²) in [5, 5.41) is 7.20.